The number of carboxylic acids is 1. The van der Waals surface area contributed by atoms with Gasteiger partial charge in [-0.05, 0) is 28.2 Å². The van der Waals surface area contributed by atoms with Crippen molar-refractivity contribution in [1.29, 1.82) is 0 Å². The van der Waals surface area contributed by atoms with Gasteiger partial charge in [0.1, 0.15) is 12.6 Å². The van der Waals surface area contributed by atoms with Gasteiger partial charge >= 0.3 is 18.2 Å². The van der Waals surface area contributed by atoms with Crippen molar-refractivity contribution >= 4 is 12.1 Å². The minimum Gasteiger partial charge on any atom is -0.480 e. The Morgan fingerprint density at radius 3 is 2.07 bits per heavy atom. The van der Waals surface area contributed by atoms with Gasteiger partial charge in [-0.3, -0.25) is 0 Å². The highest BCUT2D eigenvalue weighted by Crippen LogP contribution is 2.44. The number of fused-ring (bicyclic) bond motifs is 3. The maximum Gasteiger partial charge on any atom is 0.407 e. The van der Waals surface area contributed by atoms with E-state index in [4.69, 9.17) is 4.74 Å². The van der Waals surface area contributed by atoms with E-state index in [1.54, 1.807) is 0 Å². The second-order valence-corrected chi connectivity index (χ2v) is 7.08. The van der Waals surface area contributed by atoms with Crippen LogP contribution in [0.25, 0.3) is 11.1 Å². The van der Waals surface area contributed by atoms with E-state index in [-0.39, 0.29) is 12.5 Å². The molecule has 2 aromatic rings. The largest absolute Gasteiger partial charge is 0.480 e. The predicted molar refractivity (Wildman–Crippen MR) is 99.5 cm³/mol. The Balaban J connectivity index is 1.68. The van der Waals surface area contributed by atoms with Crippen LogP contribution in [0.3, 0.4) is 0 Å². The fourth-order valence-electron chi connectivity index (χ4n) is 3.70. The van der Waals surface area contributed by atoms with Gasteiger partial charge in [0.05, 0.1) is 0 Å². The first-order chi connectivity index (χ1) is 13.7. The summed E-state index contributed by atoms with van der Waals surface area (Å²) in [5.74, 6) is -3.12. The first-order valence-electron chi connectivity index (χ1n) is 9.08. The molecule has 0 bridgehead atoms. The quantitative estimate of drug-likeness (QED) is 0.736. The van der Waals surface area contributed by atoms with Gasteiger partial charge < -0.3 is 15.2 Å². The number of hydrogen-bond acceptors (Lipinski definition) is 3. The monoisotopic (exact) mass is 407 g/mol. The lowest BCUT2D eigenvalue weighted by Crippen LogP contribution is -2.46. The zero-order valence-corrected chi connectivity index (χ0v) is 15.6. The molecule has 5 nitrogen and oxygen atoms in total. The summed E-state index contributed by atoms with van der Waals surface area (Å²) in [7, 11) is 0. The minimum absolute atomic E-state index is 0.0557. The molecule has 3 rings (SSSR count). The van der Waals surface area contributed by atoms with Crippen molar-refractivity contribution in [2.24, 2.45) is 5.92 Å². The van der Waals surface area contributed by atoms with Crippen LogP contribution in [0.5, 0.6) is 0 Å². The van der Waals surface area contributed by atoms with E-state index in [0.29, 0.717) is 0 Å². The summed E-state index contributed by atoms with van der Waals surface area (Å²) in [6, 6.07) is 13.6. The summed E-state index contributed by atoms with van der Waals surface area (Å²) < 4.78 is 42.9. The molecule has 0 saturated carbocycles. The molecule has 1 amide bonds. The molecule has 8 heteroatoms. The van der Waals surface area contributed by atoms with Crippen LogP contribution >= 0.6 is 0 Å². The maximum atomic E-state index is 12.6. The number of amides is 1. The number of ether oxygens (including phenoxy) is 1. The maximum absolute atomic E-state index is 12.6. The van der Waals surface area contributed by atoms with E-state index in [2.05, 4.69) is 5.32 Å². The third kappa shape index (κ3) is 4.70. The molecule has 2 N–H and O–H groups in total. The van der Waals surface area contributed by atoms with Gasteiger partial charge in [-0.2, -0.15) is 13.2 Å². The van der Waals surface area contributed by atoms with Crippen molar-refractivity contribution in [1.82, 2.24) is 5.32 Å². The molecule has 0 aliphatic heterocycles. The molecule has 0 heterocycles. The number of aliphatic carboxylic acids is 1. The summed E-state index contributed by atoms with van der Waals surface area (Å²) >= 11 is 0. The lowest BCUT2D eigenvalue weighted by molar-refractivity contribution is -0.153. The number of carbonyl (C=O) groups excluding carboxylic acids is 1. The molecule has 2 atom stereocenters. The number of hydrogen-bond donors (Lipinski definition) is 2. The normalized spacial score (nSPS) is 15.2. The molecular weight excluding hydrogens is 387 g/mol. The van der Waals surface area contributed by atoms with Crippen LogP contribution in [0.2, 0.25) is 0 Å². The van der Waals surface area contributed by atoms with Crippen molar-refractivity contribution in [3.8, 4) is 11.1 Å². The molecule has 154 valence electrons. The summed E-state index contributed by atoms with van der Waals surface area (Å²) in [6.45, 7) is 1.07. The number of halogens is 3. The fourth-order valence-corrected chi connectivity index (χ4v) is 3.70. The van der Waals surface area contributed by atoms with E-state index >= 15 is 0 Å². The lowest BCUT2D eigenvalue weighted by atomic mass is 9.98. The first-order valence-corrected chi connectivity index (χ1v) is 9.08. The molecule has 0 radical (unpaired) electrons. The topological polar surface area (TPSA) is 75.6 Å². The van der Waals surface area contributed by atoms with Crippen molar-refractivity contribution in [2.75, 3.05) is 6.61 Å². The summed E-state index contributed by atoms with van der Waals surface area (Å²) in [5.41, 5.74) is 4.00. The van der Waals surface area contributed by atoms with Crippen LogP contribution < -0.4 is 5.32 Å². The lowest BCUT2D eigenvalue weighted by Gasteiger charge is -2.22. The highest BCUT2D eigenvalue weighted by atomic mass is 19.4. The van der Waals surface area contributed by atoms with E-state index in [0.717, 1.165) is 29.2 Å². The third-order valence-electron chi connectivity index (χ3n) is 5.01. The molecule has 1 aliphatic rings. The summed E-state index contributed by atoms with van der Waals surface area (Å²) in [4.78, 5) is 23.4. The molecule has 0 unspecified atom stereocenters. The van der Waals surface area contributed by atoms with Gasteiger partial charge in [0, 0.05) is 12.3 Å². The predicted octanol–water partition coefficient (Wildman–Crippen LogP) is 4.57. The van der Waals surface area contributed by atoms with Crippen LogP contribution in [0.1, 0.15) is 30.4 Å². The number of nitrogens with one attached hydrogen (secondary N) is 1. The second-order valence-electron chi connectivity index (χ2n) is 7.08. The van der Waals surface area contributed by atoms with Crippen molar-refractivity contribution in [2.45, 2.75) is 31.5 Å². The molecule has 1 aliphatic carbocycles. The van der Waals surface area contributed by atoms with Crippen molar-refractivity contribution < 1.29 is 32.6 Å². The Morgan fingerprint density at radius 1 is 1.07 bits per heavy atom. The number of rotatable bonds is 6. The van der Waals surface area contributed by atoms with Gasteiger partial charge in [0.25, 0.3) is 0 Å². The highest BCUT2D eigenvalue weighted by Gasteiger charge is 2.37. The zero-order valence-electron chi connectivity index (χ0n) is 15.6. The Morgan fingerprint density at radius 2 is 1.59 bits per heavy atom. The molecule has 0 spiro atoms. The number of carbonyl (C=O) groups is 2. The van der Waals surface area contributed by atoms with Crippen LogP contribution in [-0.2, 0) is 9.53 Å². The van der Waals surface area contributed by atoms with Crippen molar-refractivity contribution in [3.05, 3.63) is 59.7 Å². The Kier molecular flexibility index (Phi) is 5.81. The second kappa shape index (κ2) is 8.14. The molecule has 0 fully saturated rings. The number of carboxylic acid groups (broad SMARTS) is 1. The van der Waals surface area contributed by atoms with Gasteiger partial charge in [0.2, 0.25) is 0 Å². The van der Waals surface area contributed by atoms with E-state index < -0.39 is 36.6 Å². The molecule has 29 heavy (non-hydrogen) atoms. The van der Waals surface area contributed by atoms with Crippen LogP contribution in [0.15, 0.2) is 48.5 Å². The van der Waals surface area contributed by atoms with Gasteiger partial charge in [-0.25, -0.2) is 9.59 Å². The zero-order chi connectivity index (χ0) is 21.2. The molecule has 2 aromatic carbocycles. The van der Waals surface area contributed by atoms with E-state index in [1.165, 1.54) is 0 Å². The standard InChI is InChI=1S/C21H20F3NO4/c1-12(10-21(22,23)24)18(19(26)27)25-20(28)29-11-17-15-8-4-2-6-13(15)14-7-3-5-9-16(14)17/h2-9,12,17-18H,10-11H2,1H3,(H,25,28)(H,26,27)/t12-,18+/m1/s1. The Bertz CT molecular complexity index is 867. The minimum atomic E-state index is -4.53. The molecular formula is C21H20F3NO4. The smallest absolute Gasteiger partial charge is 0.407 e. The SMILES string of the molecule is C[C@H](CC(F)(F)F)[C@H](NC(=O)OCC1c2ccccc2-c2ccccc21)C(=O)O. The molecule has 0 saturated heterocycles. The fraction of sp³-hybridized carbons (Fsp3) is 0.333. The Labute approximate surface area is 165 Å². The first kappa shape index (κ1) is 20.7. The Hall–Kier alpha value is -3.03. The van der Waals surface area contributed by atoms with Crippen molar-refractivity contribution in [3.63, 3.8) is 0 Å². The van der Waals surface area contributed by atoms with Gasteiger partial charge in [-0.15, -0.1) is 0 Å². The average Bonchev–Trinajstić information content (AvgIpc) is 2.96. The summed E-state index contributed by atoms with van der Waals surface area (Å²) in [5, 5.41) is 11.2. The third-order valence-corrected chi connectivity index (χ3v) is 5.01. The van der Waals surface area contributed by atoms with Crippen LogP contribution in [-0.4, -0.2) is 36.0 Å². The van der Waals surface area contributed by atoms with Gasteiger partial charge in [-0.1, -0.05) is 55.5 Å². The van der Waals surface area contributed by atoms with E-state index in [1.807, 2.05) is 48.5 Å². The van der Waals surface area contributed by atoms with Gasteiger partial charge in [0.15, 0.2) is 0 Å². The van der Waals surface area contributed by atoms with Crippen LogP contribution in [0, 0.1) is 5.92 Å². The highest BCUT2D eigenvalue weighted by molar-refractivity contribution is 5.81. The van der Waals surface area contributed by atoms with Crippen LogP contribution in [0.4, 0.5) is 18.0 Å². The number of benzene rings is 2. The molecule has 0 aromatic heterocycles. The number of alkyl halides is 3. The average molecular weight is 407 g/mol. The number of alkyl carbamates (subject to hydrolysis) is 1. The summed E-state index contributed by atoms with van der Waals surface area (Å²) in [6.07, 6.45) is -6.92. The van der Waals surface area contributed by atoms with E-state index in [9.17, 15) is 27.9 Å².